The van der Waals surface area contributed by atoms with Crippen LogP contribution in [0.15, 0.2) is 47.5 Å². The van der Waals surface area contributed by atoms with E-state index < -0.39 is 6.09 Å². The maximum absolute atomic E-state index is 11.5. The van der Waals surface area contributed by atoms with Crippen LogP contribution in [0.4, 0.5) is 4.79 Å². The van der Waals surface area contributed by atoms with Gasteiger partial charge in [0.1, 0.15) is 0 Å². The van der Waals surface area contributed by atoms with Crippen molar-refractivity contribution < 1.29 is 9.53 Å². The SMILES string of the molecule is CCCN1C(NC(=O)OC)=NCC1c1ccc2ccccc2c1. The summed E-state index contributed by atoms with van der Waals surface area (Å²) in [6.07, 6.45) is 0.496. The zero-order valence-corrected chi connectivity index (χ0v) is 13.5. The van der Waals surface area contributed by atoms with Gasteiger partial charge in [0.05, 0.1) is 19.7 Å². The number of carbonyl (C=O) groups excluding carboxylic acids is 1. The molecule has 0 spiro atoms. The Bertz CT molecular complexity index is 742. The van der Waals surface area contributed by atoms with Gasteiger partial charge >= 0.3 is 6.09 Å². The molecule has 1 amide bonds. The number of methoxy groups -OCH3 is 1. The second-order valence-electron chi connectivity index (χ2n) is 5.60. The number of rotatable bonds is 3. The summed E-state index contributed by atoms with van der Waals surface area (Å²) in [5, 5.41) is 5.16. The van der Waals surface area contributed by atoms with Gasteiger partial charge in [-0.1, -0.05) is 43.3 Å². The lowest BCUT2D eigenvalue weighted by Crippen LogP contribution is -2.43. The van der Waals surface area contributed by atoms with Crippen molar-refractivity contribution in [2.24, 2.45) is 4.99 Å². The van der Waals surface area contributed by atoms with Gasteiger partial charge in [0.2, 0.25) is 5.96 Å². The molecule has 2 aromatic carbocycles. The molecular weight excluding hydrogens is 290 g/mol. The quantitative estimate of drug-likeness (QED) is 0.946. The molecule has 1 heterocycles. The highest BCUT2D eigenvalue weighted by Gasteiger charge is 2.29. The van der Waals surface area contributed by atoms with E-state index in [4.69, 9.17) is 0 Å². The van der Waals surface area contributed by atoms with Crippen molar-refractivity contribution >= 4 is 22.8 Å². The highest BCUT2D eigenvalue weighted by atomic mass is 16.5. The van der Waals surface area contributed by atoms with Gasteiger partial charge in [-0.3, -0.25) is 10.3 Å². The van der Waals surface area contributed by atoms with E-state index in [1.165, 1.54) is 23.4 Å². The summed E-state index contributed by atoms with van der Waals surface area (Å²) in [6.45, 7) is 3.59. The molecular formula is C18H21N3O2. The van der Waals surface area contributed by atoms with E-state index in [0.29, 0.717) is 12.5 Å². The van der Waals surface area contributed by atoms with Crippen LogP contribution in [-0.4, -0.2) is 37.2 Å². The van der Waals surface area contributed by atoms with Crippen LogP contribution >= 0.6 is 0 Å². The number of aliphatic imine (C=N–C) groups is 1. The molecule has 5 heteroatoms. The predicted molar refractivity (Wildman–Crippen MR) is 91.5 cm³/mol. The Hall–Kier alpha value is -2.56. The van der Waals surface area contributed by atoms with Crippen LogP contribution in [0.2, 0.25) is 0 Å². The minimum atomic E-state index is -0.482. The van der Waals surface area contributed by atoms with Crippen LogP contribution in [0.3, 0.4) is 0 Å². The first kappa shape index (κ1) is 15.3. The number of nitrogens with zero attached hydrogens (tertiary/aromatic N) is 2. The number of alkyl carbamates (subject to hydrolysis) is 1. The Labute approximate surface area is 136 Å². The number of amides is 1. The Morgan fingerprint density at radius 1 is 1.30 bits per heavy atom. The Morgan fingerprint density at radius 3 is 2.83 bits per heavy atom. The normalized spacial score (nSPS) is 17.2. The minimum absolute atomic E-state index is 0.145. The smallest absolute Gasteiger partial charge is 0.413 e. The van der Waals surface area contributed by atoms with Gasteiger partial charge in [0.25, 0.3) is 0 Å². The standard InChI is InChI=1S/C18H21N3O2/c1-3-10-21-16(12-19-17(21)20-18(22)23-2)15-9-8-13-6-4-5-7-14(13)11-15/h4-9,11,16H,3,10,12H2,1-2H3,(H,19,20,22). The van der Waals surface area contributed by atoms with Crippen LogP contribution < -0.4 is 5.32 Å². The summed E-state index contributed by atoms with van der Waals surface area (Å²) in [5.41, 5.74) is 1.21. The first-order valence-electron chi connectivity index (χ1n) is 7.87. The molecule has 0 aliphatic carbocycles. The molecule has 0 bridgehead atoms. The molecule has 2 aromatic rings. The van der Waals surface area contributed by atoms with Crippen LogP contribution in [0.5, 0.6) is 0 Å². The predicted octanol–water partition coefficient (Wildman–Crippen LogP) is 3.32. The van der Waals surface area contributed by atoms with Crippen molar-refractivity contribution in [1.29, 1.82) is 0 Å². The number of hydrogen-bond acceptors (Lipinski definition) is 4. The topological polar surface area (TPSA) is 53.9 Å². The maximum atomic E-state index is 11.5. The van der Waals surface area contributed by atoms with Crippen molar-refractivity contribution in [3.63, 3.8) is 0 Å². The third-order valence-corrected chi connectivity index (χ3v) is 4.08. The molecule has 23 heavy (non-hydrogen) atoms. The lowest BCUT2D eigenvalue weighted by Gasteiger charge is -2.27. The van der Waals surface area contributed by atoms with Crippen molar-refractivity contribution in [3.05, 3.63) is 48.0 Å². The van der Waals surface area contributed by atoms with E-state index >= 15 is 0 Å². The van der Waals surface area contributed by atoms with E-state index in [1.54, 1.807) is 0 Å². The lowest BCUT2D eigenvalue weighted by atomic mass is 10.0. The molecule has 0 radical (unpaired) electrons. The average molecular weight is 311 g/mol. The fourth-order valence-electron chi connectivity index (χ4n) is 2.97. The second kappa shape index (κ2) is 6.69. The van der Waals surface area contributed by atoms with E-state index in [9.17, 15) is 4.79 Å². The molecule has 0 saturated heterocycles. The van der Waals surface area contributed by atoms with E-state index in [0.717, 1.165) is 13.0 Å². The van der Waals surface area contributed by atoms with Gasteiger partial charge in [-0.15, -0.1) is 0 Å². The first-order valence-corrected chi connectivity index (χ1v) is 7.87. The molecule has 1 aliphatic rings. The summed E-state index contributed by atoms with van der Waals surface area (Å²) in [6, 6.07) is 15.0. The zero-order valence-electron chi connectivity index (χ0n) is 13.5. The van der Waals surface area contributed by atoms with Gasteiger partial charge < -0.3 is 9.64 Å². The van der Waals surface area contributed by atoms with Gasteiger partial charge in [-0.2, -0.15) is 0 Å². The van der Waals surface area contributed by atoms with Crippen molar-refractivity contribution in [1.82, 2.24) is 10.2 Å². The van der Waals surface area contributed by atoms with E-state index in [-0.39, 0.29) is 6.04 Å². The van der Waals surface area contributed by atoms with E-state index in [2.05, 4.69) is 57.2 Å². The minimum Gasteiger partial charge on any atom is -0.453 e. The zero-order chi connectivity index (χ0) is 16.2. The van der Waals surface area contributed by atoms with Crippen molar-refractivity contribution in [2.75, 3.05) is 20.2 Å². The molecule has 5 nitrogen and oxygen atoms in total. The highest BCUT2D eigenvalue weighted by Crippen LogP contribution is 2.28. The number of ether oxygens (including phenoxy) is 1. The largest absolute Gasteiger partial charge is 0.453 e. The number of benzene rings is 2. The lowest BCUT2D eigenvalue weighted by molar-refractivity contribution is 0.175. The number of fused-ring (bicyclic) bond motifs is 1. The maximum Gasteiger partial charge on any atom is 0.413 e. The molecule has 120 valence electrons. The summed E-state index contributed by atoms with van der Waals surface area (Å²) < 4.78 is 4.68. The summed E-state index contributed by atoms with van der Waals surface area (Å²) in [5.74, 6) is 0.594. The summed E-state index contributed by atoms with van der Waals surface area (Å²) >= 11 is 0. The number of hydrogen-bond donors (Lipinski definition) is 1. The fourth-order valence-corrected chi connectivity index (χ4v) is 2.97. The molecule has 1 aliphatic heterocycles. The second-order valence-corrected chi connectivity index (χ2v) is 5.60. The van der Waals surface area contributed by atoms with Crippen molar-refractivity contribution in [2.45, 2.75) is 19.4 Å². The molecule has 1 atom stereocenters. The number of guanidine groups is 1. The summed E-state index contributed by atoms with van der Waals surface area (Å²) in [4.78, 5) is 18.1. The monoisotopic (exact) mass is 311 g/mol. The first-order chi connectivity index (χ1) is 11.2. The molecule has 3 rings (SSSR count). The van der Waals surface area contributed by atoms with Crippen LogP contribution in [-0.2, 0) is 4.74 Å². The van der Waals surface area contributed by atoms with Crippen LogP contribution in [0.25, 0.3) is 10.8 Å². The molecule has 1 N–H and O–H groups in total. The van der Waals surface area contributed by atoms with Gasteiger partial charge in [-0.05, 0) is 28.8 Å². The highest BCUT2D eigenvalue weighted by molar-refractivity contribution is 5.95. The number of nitrogens with one attached hydrogen (secondary N) is 1. The fraction of sp³-hybridized carbons (Fsp3) is 0.333. The van der Waals surface area contributed by atoms with Gasteiger partial charge in [-0.25, -0.2) is 4.79 Å². The Morgan fingerprint density at radius 2 is 2.09 bits per heavy atom. The Kier molecular flexibility index (Phi) is 4.46. The molecule has 1 unspecified atom stereocenters. The van der Waals surface area contributed by atoms with Gasteiger partial charge in [0, 0.05) is 6.54 Å². The van der Waals surface area contributed by atoms with Crippen LogP contribution in [0, 0.1) is 0 Å². The average Bonchev–Trinajstić information content (AvgIpc) is 2.97. The van der Waals surface area contributed by atoms with Crippen molar-refractivity contribution in [3.8, 4) is 0 Å². The third-order valence-electron chi connectivity index (χ3n) is 4.08. The Balaban J connectivity index is 1.87. The molecule has 0 fully saturated rings. The molecule has 0 aromatic heterocycles. The van der Waals surface area contributed by atoms with Crippen LogP contribution in [0.1, 0.15) is 24.9 Å². The molecule has 0 saturated carbocycles. The third kappa shape index (κ3) is 3.13. The summed E-state index contributed by atoms with van der Waals surface area (Å²) in [7, 11) is 1.36. The number of carbonyl (C=O) groups is 1. The van der Waals surface area contributed by atoms with E-state index in [1.807, 2.05) is 12.1 Å². The van der Waals surface area contributed by atoms with Gasteiger partial charge in [0.15, 0.2) is 0 Å².